The Balaban J connectivity index is 1.44. The van der Waals surface area contributed by atoms with Crippen LogP contribution < -0.4 is 9.64 Å². The summed E-state index contributed by atoms with van der Waals surface area (Å²) in [5.41, 5.74) is 13.9. The molecule has 186 valence electrons. The molecule has 0 bridgehead atoms. The van der Waals surface area contributed by atoms with Crippen molar-refractivity contribution in [1.29, 1.82) is 0 Å². The van der Waals surface area contributed by atoms with Crippen LogP contribution in [-0.2, 0) is 5.41 Å². The zero-order valence-electron chi connectivity index (χ0n) is 21.8. The highest BCUT2D eigenvalue weighted by molar-refractivity contribution is 6.02. The first-order valence-electron chi connectivity index (χ1n) is 13.4. The number of para-hydroxylation sites is 5. The molecule has 0 saturated heterocycles. The molecule has 0 amide bonds. The first-order chi connectivity index (χ1) is 19.1. The van der Waals surface area contributed by atoms with Gasteiger partial charge in [-0.1, -0.05) is 68.5 Å². The number of aromatic nitrogens is 1. The van der Waals surface area contributed by atoms with Crippen molar-refractivity contribution in [2.24, 2.45) is 0 Å². The van der Waals surface area contributed by atoms with E-state index in [2.05, 4.69) is 120 Å². The molecule has 3 nitrogen and oxygen atoms in total. The maximum atomic E-state index is 6.29. The third kappa shape index (κ3) is 3.05. The summed E-state index contributed by atoms with van der Waals surface area (Å²) < 4.78 is 8.72. The number of benzene rings is 4. The van der Waals surface area contributed by atoms with Crippen LogP contribution in [0.2, 0.25) is 0 Å². The van der Waals surface area contributed by atoms with E-state index in [0.717, 1.165) is 34.2 Å². The molecule has 0 saturated carbocycles. The highest BCUT2D eigenvalue weighted by Crippen LogP contribution is 2.55. The van der Waals surface area contributed by atoms with Crippen LogP contribution in [0.15, 0.2) is 133 Å². The predicted molar refractivity (Wildman–Crippen MR) is 160 cm³/mol. The second-order valence-electron chi connectivity index (χ2n) is 10.8. The Kier molecular flexibility index (Phi) is 4.53. The molecule has 5 aromatic rings. The smallest absolute Gasteiger partial charge is 0.151 e. The van der Waals surface area contributed by atoms with Crippen LogP contribution in [0.5, 0.6) is 11.5 Å². The number of ether oxygens (including phenoxy) is 1. The Morgan fingerprint density at radius 2 is 1.44 bits per heavy atom. The van der Waals surface area contributed by atoms with Crippen LogP contribution in [-0.4, -0.2) is 4.57 Å². The maximum absolute atomic E-state index is 6.29. The van der Waals surface area contributed by atoms with Crippen molar-refractivity contribution in [2.75, 3.05) is 4.90 Å². The fourth-order valence-electron chi connectivity index (χ4n) is 6.49. The summed E-state index contributed by atoms with van der Waals surface area (Å²) in [5, 5.41) is 1.26. The second kappa shape index (κ2) is 8.01. The molecule has 3 aliphatic rings. The van der Waals surface area contributed by atoms with Crippen LogP contribution in [0, 0.1) is 0 Å². The molecule has 0 unspecified atom stereocenters. The Morgan fingerprint density at radius 1 is 0.744 bits per heavy atom. The van der Waals surface area contributed by atoms with Crippen molar-refractivity contribution in [3.05, 3.63) is 144 Å². The van der Waals surface area contributed by atoms with E-state index in [1.54, 1.807) is 0 Å². The molecule has 0 fully saturated rings. The minimum absolute atomic E-state index is 0.183. The number of allylic oxidation sites excluding steroid dienone is 5. The number of fused-ring (bicyclic) bond motifs is 6. The fraction of sp³-hybridized carbons (Fsp3) is 0.0833. The van der Waals surface area contributed by atoms with Crippen molar-refractivity contribution in [3.63, 3.8) is 0 Å². The van der Waals surface area contributed by atoms with Crippen molar-refractivity contribution in [1.82, 2.24) is 4.57 Å². The van der Waals surface area contributed by atoms with Gasteiger partial charge in [-0.15, -0.1) is 5.73 Å². The van der Waals surface area contributed by atoms with E-state index in [1.165, 1.54) is 33.3 Å². The molecule has 0 spiro atoms. The molecule has 8 rings (SSSR count). The summed E-state index contributed by atoms with van der Waals surface area (Å²) >= 11 is 0. The van der Waals surface area contributed by atoms with Gasteiger partial charge in [-0.05, 0) is 77.9 Å². The maximum Gasteiger partial charge on any atom is 0.151 e. The van der Waals surface area contributed by atoms with Gasteiger partial charge in [-0.3, -0.25) is 0 Å². The van der Waals surface area contributed by atoms with Gasteiger partial charge in [0.25, 0.3) is 0 Å². The summed E-state index contributed by atoms with van der Waals surface area (Å²) in [6.07, 6.45) is 8.50. The number of nitrogens with zero attached hydrogens (tertiary/aromatic N) is 2. The number of hydrogen-bond donors (Lipinski definition) is 0. The summed E-state index contributed by atoms with van der Waals surface area (Å²) in [7, 11) is 0. The van der Waals surface area contributed by atoms with Crippen LogP contribution in [0.3, 0.4) is 0 Å². The third-order valence-electron chi connectivity index (χ3n) is 8.18. The minimum Gasteiger partial charge on any atom is -0.453 e. The molecule has 3 heteroatoms. The Morgan fingerprint density at radius 3 is 2.18 bits per heavy atom. The lowest BCUT2D eigenvalue weighted by atomic mass is 9.80. The molecule has 0 atom stereocenters. The Labute approximate surface area is 227 Å². The number of anilines is 3. The summed E-state index contributed by atoms with van der Waals surface area (Å²) in [6, 6.07) is 34.1. The average Bonchev–Trinajstić information content (AvgIpc) is 3.26. The lowest BCUT2D eigenvalue weighted by Gasteiger charge is -2.33. The normalized spacial score (nSPS) is 16.0. The molecule has 2 aliphatic carbocycles. The lowest BCUT2D eigenvalue weighted by molar-refractivity contribution is 0.477. The van der Waals surface area contributed by atoms with Gasteiger partial charge in [0, 0.05) is 27.7 Å². The highest BCUT2D eigenvalue weighted by Gasteiger charge is 2.41. The second-order valence-corrected chi connectivity index (χ2v) is 10.8. The zero-order chi connectivity index (χ0) is 26.1. The SMILES string of the molecule is CC1(C)C2=C(C=CC=C=C2)c2c1c1cc(N3c4ccccc4Oc4ccccc43)ccc1n2-c1ccccc1. The van der Waals surface area contributed by atoms with Gasteiger partial charge in [-0.2, -0.15) is 0 Å². The van der Waals surface area contributed by atoms with Gasteiger partial charge in [0.05, 0.1) is 22.6 Å². The molecule has 1 aromatic heterocycles. The average molecular weight is 503 g/mol. The molecule has 1 aliphatic heterocycles. The standard InChI is InChI=1S/C36H26N2O/c1-36(2)28-16-8-4-7-15-26(28)35-34(36)27-23-25(21-22-29(27)38(35)24-13-5-3-6-14-24)37-30-17-9-11-19-32(30)39-33-20-12-10-18-31(33)37/h3-7,9-23H,1-2H3. The van der Waals surface area contributed by atoms with E-state index >= 15 is 0 Å². The summed E-state index contributed by atoms with van der Waals surface area (Å²) in [6.45, 7) is 4.68. The summed E-state index contributed by atoms with van der Waals surface area (Å²) in [5.74, 6) is 1.72. The van der Waals surface area contributed by atoms with Gasteiger partial charge in [-0.25, -0.2) is 0 Å². The van der Waals surface area contributed by atoms with E-state index in [1.807, 2.05) is 30.3 Å². The number of hydrogen-bond acceptors (Lipinski definition) is 2. The number of rotatable bonds is 2. The molecule has 0 N–H and O–H groups in total. The van der Waals surface area contributed by atoms with Gasteiger partial charge < -0.3 is 14.2 Å². The van der Waals surface area contributed by atoms with E-state index in [-0.39, 0.29) is 5.41 Å². The van der Waals surface area contributed by atoms with Crippen LogP contribution in [0.25, 0.3) is 22.2 Å². The van der Waals surface area contributed by atoms with Gasteiger partial charge in [0.15, 0.2) is 11.5 Å². The van der Waals surface area contributed by atoms with Crippen molar-refractivity contribution in [3.8, 4) is 17.2 Å². The highest BCUT2D eigenvalue weighted by atomic mass is 16.5. The third-order valence-corrected chi connectivity index (χ3v) is 8.18. The quantitative estimate of drug-likeness (QED) is 0.219. The van der Waals surface area contributed by atoms with Crippen LogP contribution in [0.4, 0.5) is 17.1 Å². The largest absolute Gasteiger partial charge is 0.453 e. The van der Waals surface area contributed by atoms with Gasteiger partial charge >= 0.3 is 0 Å². The van der Waals surface area contributed by atoms with Crippen molar-refractivity contribution >= 4 is 33.5 Å². The van der Waals surface area contributed by atoms with E-state index < -0.39 is 0 Å². The van der Waals surface area contributed by atoms with Crippen molar-refractivity contribution < 1.29 is 4.74 Å². The molecular weight excluding hydrogens is 476 g/mol. The van der Waals surface area contributed by atoms with Crippen LogP contribution in [0.1, 0.15) is 25.1 Å². The molecule has 39 heavy (non-hydrogen) atoms. The molecule has 2 heterocycles. The monoisotopic (exact) mass is 502 g/mol. The topological polar surface area (TPSA) is 17.4 Å². The Hall–Kier alpha value is -4.98. The molecule has 0 radical (unpaired) electrons. The first-order valence-corrected chi connectivity index (χ1v) is 13.4. The fourth-order valence-corrected chi connectivity index (χ4v) is 6.49. The minimum atomic E-state index is -0.183. The van der Waals surface area contributed by atoms with Gasteiger partial charge in [0.2, 0.25) is 0 Å². The first kappa shape index (κ1) is 22.0. The predicted octanol–water partition coefficient (Wildman–Crippen LogP) is 9.53. The Bertz CT molecular complexity index is 1900. The van der Waals surface area contributed by atoms with E-state index in [0.29, 0.717) is 0 Å². The van der Waals surface area contributed by atoms with Gasteiger partial charge in [0.1, 0.15) is 0 Å². The molecular formula is C36H26N2O. The zero-order valence-corrected chi connectivity index (χ0v) is 21.8. The van der Waals surface area contributed by atoms with Crippen LogP contribution >= 0.6 is 0 Å². The van der Waals surface area contributed by atoms with Crippen molar-refractivity contribution in [2.45, 2.75) is 19.3 Å². The summed E-state index contributed by atoms with van der Waals surface area (Å²) in [4.78, 5) is 2.32. The lowest BCUT2D eigenvalue weighted by Crippen LogP contribution is -2.17. The molecule has 4 aromatic carbocycles. The van der Waals surface area contributed by atoms with E-state index in [4.69, 9.17) is 4.74 Å². The van der Waals surface area contributed by atoms with E-state index in [9.17, 15) is 0 Å².